The first-order valence-electron chi connectivity index (χ1n) is 8.88. The number of nitrogens with one attached hydrogen (secondary N) is 2. The topological polar surface area (TPSA) is 89.0 Å². The van der Waals surface area contributed by atoms with E-state index < -0.39 is 0 Å². The quantitative estimate of drug-likeness (QED) is 0.624. The summed E-state index contributed by atoms with van der Waals surface area (Å²) < 4.78 is 5.83. The molecule has 0 bridgehead atoms. The van der Waals surface area contributed by atoms with E-state index in [0.29, 0.717) is 29.7 Å². The van der Waals surface area contributed by atoms with Gasteiger partial charge in [-0.2, -0.15) is 0 Å². The van der Waals surface area contributed by atoms with Gasteiger partial charge in [0, 0.05) is 12.7 Å². The minimum Gasteiger partial charge on any atom is -0.371 e. The highest BCUT2D eigenvalue weighted by Crippen LogP contribution is 2.15. The van der Waals surface area contributed by atoms with Gasteiger partial charge in [0.25, 0.3) is 5.91 Å². The first-order chi connectivity index (χ1) is 13.4. The molecule has 3 aromatic rings. The van der Waals surface area contributed by atoms with E-state index in [1.165, 1.54) is 17.5 Å². The molecular formula is C20H23N5O2S. The summed E-state index contributed by atoms with van der Waals surface area (Å²) in [7, 11) is 0. The van der Waals surface area contributed by atoms with Gasteiger partial charge in [0.05, 0.1) is 17.8 Å². The molecule has 2 heterocycles. The van der Waals surface area contributed by atoms with E-state index in [1.807, 2.05) is 26.8 Å². The van der Waals surface area contributed by atoms with Crippen molar-refractivity contribution < 1.29 is 9.53 Å². The van der Waals surface area contributed by atoms with Crippen LogP contribution in [-0.4, -0.2) is 26.7 Å². The number of hydrogen-bond donors (Lipinski definition) is 2. The van der Waals surface area contributed by atoms with Crippen LogP contribution in [0.4, 0.5) is 10.9 Å². The Bertz CT molecular complexity index is 905. The Labute approximate surface area is 168 Å². The van der Waals surface area contributed by atoms with Gasteiger partial charge in [-0.05, 0) is 44.0 Å². The zero-order chi connectivity index (χ0) is 20.0. The monoisotopic (exact) mass is 397 g/mol. The van der Waals surface area contributed by atoms with Gasteiger partial charge in [-0.1, -0.05) is 35.6 Å². The smallest absolute Gasteiger partial charge is 0.259 e. The van der Waals surface area contributed by atoms with Crippen LogP contribution in [0.1, 0.15) is 42.3 Å². The van der Waals surface area contributed by atoms with Crippen molar-refractivity contribution in [2.24, 2.45) is 0 Å². The number of anilines is 2. The van der Waals surface area contributed by atoms with E-state index in [4.69, 9.17) is 4.74 Å². The highest BCUT2D eigenvalue weighted by molar-refractivity contribution is 7.13. The fourth-order valence-corrected chi connectivity index (χ4v) is 2.79. The minimum atomic E-state index is -0.262. The number of rotatable bonds is 7. The Morgan fingerprint density at radius 3 is 2.68 bits per heavy atom. The number of hydrogen-bond acceptors (Lipinski definition) is 7. The number of carbonyl (C=O) groups is 1. The Balaban J connectivity index is 1.54. The predicted molar refractivity (Wildman–Crippen MR) is 110 cm³/mol. The molecule has 0 radical (unpaired) electrons. The summed E-state index contributed by atoms with van der Waals surface area (Å²) in [5.74, 6) is 0.436. The number of nitrogens with zero attached hydrogens (tertiary/aromatic N) is 3. The summed E-state index contributed by atoms with van der Waals surface area (Å²) >= 11 is 1.26. The molecule has 7 nitrogen and oxygen atoms in total. The van der Waals surface area contributed by atoms with Gasteiger partial charge in [0.1, 0.15) is 11.3 Å². The summed E-state index contributed by atoms with van der Waals surface area (Å²) in [5, 5.41) is 13.9. The van der Waals surface area contributed by atoms with Crippen molar-refractivity contribution in [3.8, 4) is 0 Å². The average molecular weight is 398 g/mol. The molecule has 146 valence electrons. The molecule has 2 N–H and O–H groups in total. The number of aromatic nitrogens is 3. The number of pyridine rings is 1. The van der Waals surface area contributed by atoms with Gasteiger partial charge >= 0.3 is 0 Å². The van der Waals surface area contributed by atoms with Gasteiger partial charge in [0.2, 0.25) is 5.13 Å². The summed E-state index contributed by atoms with van der Waals surface area (Å²) in [6.45, 7) is 7.34. The van der Waals surface area contributed by atoms with Gasteiger partial charge < -0.3 is 10.1 Å². The van der Waals surface area contributed by atoms with Crippen molar-refractivity contribution >= 4 is 28.2 Å². The first-order valence-corrected chi connectivity index (χ1v) is 9.76. The largest absolute Gasteiger partial charge is 0.371 e. The molecule has 0 aliphatic heterocycles. The Kier molecular flexibility index (Phi) is 6.33. The van der Waals surface area contributed by atoms with E-state index >= 15 is 0 Å². The Morgan fingerprint density at radius 2 is 2.00 bits per heavy atom. The first kappa shape index (κ1) is 19.9. The summed E-state index contributed by atoms with van der Waals surface area (Å²) in [6, 6.07) is 11.7. The molecule has 0 fully saturated rings. The fraction of sp³-hybridized carbons (Fsp3) is 0.300. The van der Waals surface area contributed by atoms with E-state index in [0.717, 1.165) is 11.1 Å². The SMILES string of the molecule is CC(C)(C)OCc1cccc(CNc2ccc(C(=O)Nc3nncs3)cn2)c1. The van der Waals surface area contributed by atoms with Gasteiger partial charge in [0.15, 0.2) is 0 Å². The lowest BCUT2D eigenvalue weighted by atomic mass is 10.1. The molecule has 0 spiro atoms. The molecule has 2 aromatic heterocycles. The second-order valence-corrected chi connectivity index (χ2v) is 8.04. The molecule has 28 heavy (non-hydrogen) atoms. The third kappa shape index (κ3) is 6.11. The Morgan fingerprint density at radius 1 is 1.18 bits per heavy atom. The molecule has 8 heteroatoms. The predicted octanol–water partition coefficient (Wildman–Crippen LogP) is 4.11. The van der Waals surface area contributed by atoms with Gasteiger partial charge in [-0.25, -0.2) is 4.98 Å². The lowest BCUT2D eigenvalue weighted by Gasteiger charge is -2.19. The molecule has 0 unspecified atom stereocenters. The van der Waals surface area contributed by atoms with Crippen molar-refractivity contribution in [1.29, 1.82) is 0 Å². The molecule has 0 saturated heterocycles. The highest BCUT2D eigenvalue weighted by atomic mass is 32.1. The maximum atomic E-state index is 12.1. The molecule has 1 amide bonds. The lowest BCUT2D eigenvalue weighted by Crippen LogP contribution is -2.18. The third-order valence-electron chi connectivity index (χ3n) is 3.74. The summed E-state index contributed by atoms with van der Waals surface area (Å²) in [5.41, 5.74) is 4.12. The van der Waals surface area contributed by atoms with Crippen molar-refractivity contribution in [2.45, 2.75) is 39.5 Å². The van der Waals surface area contributed by atoms with Crippen LogP contribution >= 0.6 is 11.3 Å². The standard InChI is InChI=1S/C20H23N5O2S/c1-20(2,3)27-12-15-6-4-5-14(9-15)10-21-17-8-7-16(11-22-17)18(26)24-19-25-23-13-28-19/h4-9,11,13H,10,12H2,1-3H3,(H,21,22)(H,24,25,26). The molecule has 3 rings (SSSR count). The van der Waals surface area contributed by atoms with Crippen molar-refractivity contribution in [3.05, 3.63) is 64.8 Å². The van der Waals surface area contributed by atoms with Crippen molar-refractivity contribution in [2.75, 3.05) is 10.6 Å². The second-order valence-electron chi connectivity index (χ2n) is 7.20. The van der Waals surface area contributed by atoms with Crippen LogP contribution < -0.4 is 10.6 Å². The molecule has 0 aliphatic rings. The van der Waals surface area contributed by atoms with Gasteiger partial charge in [-0.15, -0.1) is 10.2 Å². The molecule has 1 aromatic carbocycles. The maximum Gasteiger partial charge on any atom is 0.259 e. The summed E-state index contributed by atoms with van der Waals surface area (Å²) in [4.78, 5) is 16.4. The second kappa shape index (κ2) is 8.90. The number of benzene rings is 1. The van der Waals surface area contributed by atoms with Gasteiger partial charge in [-0.3, -0.25) is 10.1 Å². The van der Waals surface area contributed by atoms with E-state index in [1.54, 1.807) is 17.6 Å². The van der Waals surface area contributed by atoms with E-state index in [2.05, 4.69) is 44.0 Å². The van der Waals surface area contributed by atoms with Crippen LogP contribution in [0.3, 0.4) is 0 Å². The lowest BCUT2D eigenvalue weighted by molar-refractivity contribution is -0.0149. The molecule has 0 aliphatic carbocycles. The average Bonchev–Trinajstić information content (AvgIpc) is 3.18. The highest BCUT2D eigenvalue weighted by Gasteiger charge is 2.10. The fourth-order valence-electron chi connectivity index (χ4n) is 2.35. The number of carbonyl (C=O) groups excluding carboxylic acids is 1. The van der Waals surface area contributed by atoms with Crippen LogP contribution in [0.5, 0.6) is 0 Å². The molecule has 0 atom stereocenters. The number of amides is 1. The third-order valence-corrected chi connectivity index (χ3v) is 4.35. The van der Waals surface area contributed by atoms with Crippen LogP contribution in [0.15, 0.2) is 48.1 Å². The van der Waals surface area contributed by atoms with Crippen molar-refractivity contribution in [3.63, 3.8) is 0 Å². The van der Waals surface area contributed by atoms with Crippen LogP contribution in [0.2, 0.25) is 0 Å². The number of ether oxygens (including phenoxy) is 1. The minimum absolute atomic E-state index is 0.164. The molecule has 0 saturated carbocycles. The van der Waals surface area contributed by atoms with Crippen LogP contribution in [0, 0.1) is 0 Å². The maximum absolute atomic E-state index is 12.1. The van der Waals surface area contributed by atoms with Crippen LogP contribution in [0.25, 0.3) is 0 Å². The molecular weight excluding hydrogens is 374 g/mol. The van der Waals surface area contributed by atoms with Crippen molar-refractivity contribution in [1.82, 2.24) is 15.2 Å². The van der Waals surface area contributed by atoms with Crippen LogP contribution in [-0.2, 0) is 17.9 Å². The Hall–Kier alpha value is -2.84. The normalized spacial score (nSPS) is 11.2. The zero-order valence-corrected chi connectivity index (χ0v) is 16.9. The van der Waals surface area contributed by atoms with E-state index in [9.17, 15) is 4.79 Å². The zero-order valence-electron chi connectivity index (χ0n) is 16.1. The summed E-state index contributed by atoms with van der Waals surface area (Å²) in [6.07, 6.45) is 1.53. The van der Waals surface area contributed by atoms with E-state index in [-0.39, 0.29) is 11.5 Å².